The maximum Gasteiger partial charge on any atom is 0.240 e. The number of likely N-dealkylation sites (tertiary alicyclic amines) is 1. The average Bonchev–Trinajstić information content (AvgIpc) is 2.48. The summed E-state index contributed by atoms with van der Waals surface area (Å²) in [5.74, 6) is 2.80. The molecule has 1 saturated heterocycles. The van der Waals surface area contributed by atoms with Crippen molar-refractivity contribution in [1.29, 1.82) is 0 Å². The second kappa shape index (κ2) is 4.24. The molecule has 0 radical (unpaired) electrons. The van der Waals surface area contributed by atoms with E-state index in [-0.39, 0.29) is 11.9 Å². The maximum atomic E-state index is 12.0. The summed E-state index contributed by atoms with van der Waals surface area (Å²) >= 11 is 0. The number of amides is 1. The smallest absolute Gasteiger partial charge is 0.240 e. The molecule has 1 rings (SSSR count). The van der Waals surface area contributed by atoms with Crippen molar-refractivity contribution < 1.29 is 4.79 Å². The number of hydrogen-bond donors (Lipinski definition) is 1. The molecule has 0 spiro atoms. The van der Waals surface area contributed by atoms with E-state index in [0.29, 0.717) is 6.04 Å². The first-order chi connectivity index (χ1) is 6.88. The molecule has 1 fully saturated rings. The molecular weight excluding hydrogens is 188 g/mol. The molecule has 1 N–H and O–H groups in total. The largest absolute Gasteiger partial charge is 0.325 e. The van der Waals surface area contributed by atoms with Crippen LogP contribution in [0, 0.1) is 12.3 Å². The Morgan fingerprint density at radius 2 is 2.20 bits per heavy atom. The normalized spacial score (nSPS) is 22.3. The Kier molecular flexibility index (Phi) is 3.41. The zero-order valence-electron chi connectivity index (χ0n) is 10.0. The van der Waals surface area contributed by atoms with Crippen molar-refractivity contribution >= 4 is 5.91 Å². The first-order valence-corrected chi connectivity index (χ1v) is 5.44. The summed E-state index contributed by atoms with van der Waals surface area (Å²) < 4.78 is 0. The first-order valence-electron chi connectivity index (χ1n) is 5.44. The van der Waals surface area contributed by atoms with Crippen molar-refractivity contribution in [2.24, 2.45) is 0 Å². The van der Waals surface area contributed by atoms with Crippen LogP contribution in [-0.4, -0.2) is 35.0 Å². The molecule has 1 aliphatic heterocycles. The predicted molar refractivity (Wildman–Crippen MR) is 61.3 cm³/mol. The van der Waals surface area contributed by atoms with Crippen LogP contribution in [0.15, 0.2) is 0 Å². The number of nitrogens with one attached hydrogen (secondary N) is 1. The van der Waals surface area contributed by atoms with Crippen LogP contribution in [0.1, 0.15) is 34.1 Å². The fourth-order valence-electron chi connectivity index (χ4n) is 1.87. The summed E-state index contributed by atoms with van der Waals surface area (Å²) in [5, 5.41) is 3.26. The minimum Gasteiger partial charge on any atom is -0.325 e. The molecule has 0 bridgehead atoms. The summed E-state index contributed by atoms with van der Waals surface area (Å²) in [5.41, 5.74) is -0.468. The summed E-state index contributed by atoms with van der Waals surface area (Å²) in [4.78, 5) is 13.8. The van der Waals surface area contributed by atoms with Gasteiger partial charge in [-0.25, -0.2) is 0 Å². The molecule has 0 aromatic rings. The molecule has 0 aromatic heterocycles. The molecule has 1 unspecified atom stereocenters. The van der Waals surface area contributed by atoms with Crippen molar-refractivity contribution in [1.82, 2.24) is 10.2 Å². The lowest BCUT2D eigenvalue weighted by atomic mass is 10.1. The van der Waals surface area contributed by atoms with Crippen LogP contribution in [0.5, 0.6) is 0 Å². The first kappa shape index (κ1) is 12.1. The van der Waals surface area contributed by atoms with Gasteiger partial charge >= 0.3 is 0 Å². The lowest BCUT2D eigenvalue weighted by Crippen LogP contribution is -2.48. The van der Waals surface area contributed by atoms with Crippen LogP contribution in [-0.2, 0) is 4.79 Å². The number of rotatable bonds is 3. The summed E-state index contributed by atoms with van der Waals surface area (Å²) in [6, 6.07) is 0.269. The van der Waals surface area contributed by atoms with E-state index < -0.39 is 5.54 Å². The highest BCUT2D eigenvalue weighted by atomic mass is 16.2. The molecule has 1 atom stereocenters. The van der Waals surface area contributed by atoms with Gasteiger partial charge in [0, 0.05) is 12.6 Å². The van der Waals surface area contributed by atoms with Gasteiger partial charge in [0.1, 0.15) is 0 Å². The molecular formula is C12H20N2O. The predicted octanol–water partition coefficient (Wildman–Crippen LogP) is 0.997. The number of hydrogen-bond acceptors (Lipinski definition) is 2. The molecule has 0 aromatic carbocycles. The van der Waals surface area contributed by atoms with Crippen molar-refractivity contribution in [2.45, 2.75) is 51.7 Å². The van der Waals surface area contributed by atoms with E-state index in [2.05, 4.69) is 11.2 Å². The van der Waals surface area contributed by atoms with E-state index >= 15 is 0 Å². The Hall–Kier alpha value is -1.01. The van der Waals surface area contributed by atoms with Gasteiger partial charge in [0.25, 0.3) is 0 Å². The average molecular weight is 208 g/mol. The highest BCUT2D eigenvalue weighted by Crippen LogP contribution is 2.22. The second-order valence-corrected chi connectivity index (χ2v) is 4.86. The van der Waals surface area contributed by atoms with E-state index in [1.54, 1.807) is 4.90 Å². The molecule has 3 heteroatoms. The monoisotopic (exact) mass is 208 g/mol. The lowest BCUT2D eigenvalue weighted by Gasteiger charge is -2.31. The lowest BCUT2D eigenvalue weighted by molar-refractivity contribution is -0.132. The van der Waals surface area contributed by atoms with Crippen LogP contribution in [0.3, 0.4) is 0 Å². The molecule has 1 amide bonds. The topological polar surface area (TPSA) is 32.3 Å². The van der Waals surface area contributed by atoms with Crippen molar-refractivity contribution in [3.63, 3.8) is 0 Å². The highest BCUT2D eigenvalue weighted by molar-refractivity contribution is 5.85. The van der Waals surface area contributed by atoms with Gasteiger partial charge in [-0.05, 0) is 20.3 Å². The molecule has 1 heterocycles. The third-order valence-electron chi connectivity index (χ3n) is 2.77. The molecule has 1 aliphatic rings. The summed E-state index contributed by atoms with van der Waals surface area (Å²) in [6.45, 7) is 8.65. The van der Waals surface area contributed by atoms with Gasteiger partial charge in [-0.2, -0.15) is 0 Å². The van der Waals surface area contributed by atoms with E-state index in [9.17, 15) is 4.79 Å². The van der Waals surface area contributed by atoms with E-state index in [1.807, 2.05) is 27.7 Å². The van der Waals surface area contributed by atoms with E-state index in [1.165, 1.54) is 0 Å². The van der Waals surface area contributed by atoms with Crippen molar-refractivity contribution in [3.8, 4) is 12.3 Å². The highest BCUT2D eigenvalue weighted by Gasteiger charge is 2.38. The molecule has 0 saturated carbocycles. The van der Waals surface area contributed by atoms with Crippen LogP contribution < -0.4 is 5.32 Å². The fourth-order valence-corrected chi connectivity index (χ4v) is 1.87. The van der Waals surface area contributed by atoms with Gasteiger partial charge in [0.15, 0.2) is 0 Å². The Labute approximate surface area is 92.2 Å². The van der Waals surface area contributed by atoms with Crippen molar-refractivity contribution in [3.05, 3.63) is 0 Å². The standard InChI is InChI=1S/C12H20N2O/c1-6-12(4,5)14-8-7-10(11(14)15)13-9(2)3/h1,9-10,13H,7-8H2,2-5H3. The van der Waals surface area contributed by atoms with E-state index in [0.717, 1.165) is 13.0 Å². The zero-order valence-corrected chi connectivity index (χ0v) is 10.0. The fraction of sp³-hybridized carbons (Fsp3) is 0.750. The van der Waals surface area contributed by atoms with Crippen LogP contribution in [0.25, 0.3) is 0 Å². The maximum absolute atomic E-state index is 12.0. The van der Waals surface area contributed by atoms with Crippen LogP contribution in [0.4, 0.5) is 0 Å². The number of carbonyl (C=O) groups is 1. The Morgan fingerprint density at radius 3 is 2.67 bits per heavy atom. The van der Waals surface area contributed by atoms with Gasteiger partial charge in [-0.15, -0.1) is 6.42 Å². The van der Waals surface area contributed by atoms with Gasteiger partial charge in [0.05, 0.1) is 11.6 Å². The Bertz CT molecular complexity index is 288. The second-order valence-electron chi connectivity index (χ2n) is 4.86. The summed E-state index contributed by atoms with van der Waals surface area (Å²) in [6.07, 6.45) is 6.28. The number of carbonyl (C=O) groups excluding carboxylic acids is 1. The van der Waals surface area contributed by atoms with Gasteiger partial charge < -0.3 is 10.2 Å². The third-order valence-corrected chi connectivity index (χ3v) is 2.77. The van der Waals surface area contributed by atoms with Crippen molar-refractivity contribution in [2.75, 3.05) is 6.54 Å². The summed E-state index contributed by atoms with van der Waals surface area (Å²) in [7, 11) is 0. The van der Waals surface area contributed by atoms with Gasteiger partial charge in [-0.1, -0.05) is 19.8 Å². The minimum atomic E-state index is -0.468. The van der Waals surface area contributed by atoms with E-state index in [4.69, 9.17) is 6.42 Å². The van der Waals surface area contributed by atoms with Gasteiger partial charge in [0.2, 0.25) is 5.91 Å². The third kappa shape index (κ3) is 2.51. The SMILES string of the molecule is C#CC(C)(C)N1CCC(NC(C)C)C1=O. The van der Waals surface area contributed by atoms with Gasteiger partial charge in [-0.3, -0.25) is 4.79 Å². The molecule has 15 heavy (non-hydrogen) atoms. The Balaban J connectivity index is 2.69. The van der Waals surface area contributed by atoms with Crippen LogP contribution in [0.2, 0.25) is 0 Å². The molecule has 3 nitrogen and oxygen atoms in total. The zero-order chi connectivity index (χ0) is 11.6. The van der Waals surface area contributed by atoms with Crippen LogP contribution >= 0.6 is 0 Å². The number of nitrogens with zero attached hydrogens (tertiary/aromatic N) is 1. The molecule has 0 aliphatic carbocycles. The minimum absolute atomic E-state index is 0.0578. The quantitative estimate of drug-likeness (QED) is 0.702. The number of terminal acetylenes is 1. The Morgan fingerprint density at radius 1 is 1.60 bits per heavy atom. The molecule has 84 valence electrons.